The molecule has 0 fully saturated rings. The lowest BCUT2D eigenvalue weighted by Crippen LogP contribution is -2.21. The van der Waals surface area contributed by atoms with E-state index in [4.69, 9.17) is 4.74 Å². The molecule has 1 aromatic heterocycles. The quantitative estimate of drug-likeness (QED) is 0.878. The van der Waals surface area contributed by atoms with Gasteiger partial charge in [0.05, 0.1) is 18.3 Å². The van der Waals surface area contributed by atoms with E-state index in [1.807, 2.05) is 17.6 Å². The van der Waals surface area contributed by atoms with Gasteiger partial charge in [0.25, 0.3) is 0 Å². The van der Waals surface area contributed by atoms with Gasteiger partial charge >= 0.3 is 0 Å². The molecule has 0 unspecified atom stereocenters. The van der Waals surface area contributed by atoms with Crippen LogP contribution in [-0.4, -0.2) is 18.6 Å². The SMILES string of the molecule is COc1cccc([C@H](C)NCCc2scnc2C)c1. The van der Waals surface area contributed by atoms with Crippen LogP contribution in [0.2, 0.25) is 0 Å². The molecule has 1 atom stereocenters. The molecule has 0 aliphatic heterocycles. The Morgan fingerprint density at radius 1 is 1.42 bits per heavy atom. The van der Waals surface area contributed by atoms with Crippen molar-refractivity contribution in [2.24, 2.45) is 0 Å². The third-order valence-corrected chi connectivity index (χ3v) is 4.24. The average molecular weight is 276 g/mol. The zero-order chi connectivity index (χ0) is 13.7. The third-order valence-electron chi connectivity index (χ3n) is 3.24. The van der Waals surface area contributed by atoms with Crippen molar-refractivity contribution in [3.8, 4) is 5.75 Å². The van der Waals surface area contributed by atoms with Gasteiger partial charge in [-0.1, -0.05) is 12.1 Å². The van der Waals surface area contributed by atoms with Crippen molar-refractivity contribution in [3.05, 3.63) is 45.9 Å². The van der Waals surface area contributed by atoms with Crippen molar-refractivity contribution in [2.45, 2.75) is 26.3 Å². The molecule has 4 heteroatoms. The van der Waals surface area contributed by atoms with Crippen molar-refractivity contribution >= 4 is 11.3 Å². The maximum absolute atomic E-state index is 5.25. The van der Waals surface area contributed by atoms with Gasteiger partial charge in [0.15, 0.2) is 0 Å². The van der Waals surface area contributed by atoms with Gasteiger partial charge in [0.1, 0.15) is 5.75 Å². The van der Waals surface area contributed by atoms with Gasteiger partial charge in [0.2, 0.25) is 0 Å². The first-order valence-corrected chi connectivity index (χ1v) is 7.35. The topological polar surface area (TPSA) is 34.1 Å². The third kappa shape index (κ3) is 3.78. The zero-order valence-corrected chi connectivity index (χ0v) is 12.5. The summed E-state index contributed by atoms with van der Waals surface area (Å²) in [6.07, 6.45) is 1.03. The molecule has 1 N–H and O–H groups in total. The Labute approximate surface area is 118 Å². The summed E-state index contributed by atoms with van der Waals surface area (Å²) in [7, 11) is 1.70. The van der Waals surface area contributed by atoms with Crippen molar-refractivity contribution in [3.63, 3.8) is 0 Å². The van der Waals surface area contributed by atoms with Gasteiger partial charge < -0.3 is 10.1 Å². The number of benzene rings is 1. The molecule has 0 aliphatic carbocycles. The number of rotatable bonds is 6. The number of hydrogen-bond donors (Lipinski definition) is 1. The van der Waals surface area contributed by atoms with E-state index in [1.165, 1.54) is 10.4 Å². The largest absolute Gasteiger partial charge is 0.497 e. The number of thiazole rings is 1. The number of nitrogens with one attached hydrogen (secondary N) is 1. The van der Waals surface area contributed by atoms with E-state index in [1.54, 1.807) is 18.4 Å². The fourth-order valence-corrected chi connectivity index (χ4v) is 2.78. The number of methoxy groups -OCH3 is 1. The van der Waals surface area contributed by atoms with Gasteiger partial charge in [-0.2, -0.15) is 0 Å². The van der Waals surface area contributed by atoms with Crippen LogP contribution in [0.15, 0.2) is 29.8 Å². The molecular weight excluding hydrogens is 256 g/mol. The lowest BCUT2D eigenvalue weighted by atomic mass is 10.1. The van der Waals surface area contributed by atoms with Crippen LogP contribution in [0.4, 0.5) is 0 Å². The standard InChI is InChI=1S/C15H20N2OS/c1-11(13-5-4-6-14(9-13)18-3)16-8-7-15-12(2)17-10-19-15/h4-6,9-11,16H,7-8H2,1-3H3/t11-/m0/s1. The monoisotopic (exact) mass is 276 g/mol. The number of nitrogens with zero attached hydrogens (tertiary/aromatic N) is 1. The van der Waals surface area contributed by atoms with Crippen molar-refractivity contribution in [2.75, 3.05) is 13.7 Å². The van der Waals surface area contributed by atoms with Crippen molar-refractivity contribution < 1.29 is 4.74 Å². The fourth-order valence-electron chi connectivity index (χ4n) is 2.00. The van der Waals surface area contributed by atoms with E-state index in [2.05, 4.69) is 36.3 Å². The van der Waals surface area contributed by atoms with Crippen LogP contribution in [0.3, 0.4) is 0 Å². The molecule has 0 saturated carbocycles. The molecule has 1 heterocycles. The van der Waals surface area contributed by atoms with E-state index in [-0.39, 0.29) is 0 Å². The smallest absolute Gasteiger partial charge is 0.119 e. The molecule has 3 nitrogen and oxygen atoms in total. The summed E-state index contributed by atoms with van der Waals surface area (Å²) in [4.78, 5) is 5.64. The minimum absolute atomic E-state index is 0.323. The molecule has 0 bridgehead atoms. The van der Waals surface area contributed by atoms with Gasteiger partial charge in [-0.15, -0.1) is 11.3 Å². The predicted molar refractivity (Wildman–Crippen MR) is 80.0 cm³/mol. The van der Waals surface area contributed by atoms with Crippen molar-refractivity contribution in [1.29, 1.82) is 0 Å². The van der Waals surface area contributed by atoms with Crippen LogP contribution in [0.25, 0.3) is 0 Å². The summed E-state index contributed by atoms with van der Waals surface area (Å²) in [5.41, 5.74) is 4.32. The predicted octanol–water partition coefficient (Wildman–Crippen LogP) is 3.35. The Morgan fingerprint density at radius 3 is 2.95 bits per heavy atom. The molecule has 0 spiro atoms. The van der Waals surface area contributed by atoms with E-state index in [9.17, 15) is 0 Å². The fraction of sp³-hybridized carbons (Fsp3) is 0.400. The molecule has 102 valence electrons. The summed E-state index contributed by atoms with van der Waals surface area (Å²) in [5, 5.41) is 3.54. The van der Waals surface area contributed by atoms with Crippen LogP contribution < -0.4 is 10.1 Å². The Hall–Kier alpha value is -1.39. The molecule has 0 aliphatic rings. The number of aryl methyl sites for hydroxylation is 1. The molecule has 19 heavy (non-hydrogen) atoms. The highest BCUT2D eigenvalue weighted by molar-refractivity contribution is 7.09. The average Bonchev–Trinajstić information content (AvgIpc) is 2.84. The number of aromatic nitrogens is 1. The summed E-state index contributed by atoms with van der Waals surface area (Å²) in [6.45, 7) is 5.20. The highest BCUT2D eigenvalue weighted by Crippen LogP contribution is 2.19. The minimum Gasteiger partial charge on any atom is -0.497 e. The van der Waals surface area contributed by atoms with Gasteiger partial charge in [0, 0.05) is 17.5 Å². The second-order valence-corrected chi connectivity index (χ2v) is 5.50. The minimum atomic E-state index is 0.323. The lowest BCUT2D eigenvalue weighted by molar-refractivity contribution is 0.413. The highest BCUT2D eigenvalue weighted by Gasteiger charge is 2.07. The van der Waals surface area contributed by atoms with Gasteiger partial charge in [-0.3, -0.25) is 0 Å². The summed E-state index contributed by atoms with van der Waals surface area (Å²) >= 11 is 1.73. The number of ether oxygens (including phenoxy) is 1. The first-order valence-electron chi connectivity index (χ1n) is 6.47. The first kappa shape index (κ1) is 14.0. The molecular formula is C15H20N2OS. The Kier molecular flexibility index (Phi) is 4.93. The Morgan fingerprint density at radius 2 is 2.26 bits per heavy atom. The Bertz CT molecular complexity index is 524. The zero-order valence-electron chi connectivity index (χ0n) is 11.6. The molecule has 2 aromatic rings. The first-order chi connectivity index (χ1) is 9.20. The maximum Gasteiger partial charge on any atom is 0.119 e. The van der Waals surface area contributed by atoms with Crippen molar-refractivity contribution in [1.82, 2.24) is 10.3 Å². The molecule has 1 aromatic carbocycles. The summed E-state index contributed by atoms with van der Waals surface area (Å²) < 4.78 is 5.25. The summed E-state index contributed by atoms with van der Waals surface area (Å²) in [5.74, 6) is 0.907. The second-order valence-electron chi connectivity index (χ2n) is 4.56. The molecule has 0 amide bonds. The van der Waals surface area contributed by atoms with E-state index >= 15 is 0 Å². The number of hydrogen-bond acceptors (Lipinski definition) is 4. The lowest BCUT2D eigenvalue weighted by Gasteiger charge is -2.14. The van der Waals surface area contributed by atoms with E-state index < -0.39 is 0 Å². The Balaban J connectivity index is 1.87. The van der Waals surface area contributed by atoms with Crippen LogP contribution in [0, 0.1) is 6.92 Å². The molecule has 2 rings (SSSR count). The van der Waals surface area contributed by atoms with Crippen LogP contribution in [0.1, 0.15) is 29.1 Å². The van der Waals surface area contributed by atoms with Gasteiger partial charge in [-0.25, -0.2) is 4.98 Å². The van der Waals surface area contributed by atoms with E-state index in [0.717, 1.165) is 24.4 Å². The van der Waals surface area contributed by atoms with Crippen LogP contribution >= 0.6 is 11.3 Å². The maximum atomic E-state index is 5.25. The molecule has 0 saturated heterocycles. The normalized spacial score (nSPS) is 12.4. The highest BCUT2D eigenvalue weighted by atomic mass is 32.1. The van der Waals surface area contributed by atoms with Crippen LogP contribution in [-0.2, 0) is 6.42 Å². The summed E-state index contributed by atoms with van der Waals surface area (Å²) in [6, 6.07) is 8.52. The second kappa shape index (κ2) is 6.68. The van der Waals surface area contributed by atoms with Gasteiger partial charge in [-0.05, 0) is 38.0 Å². The molecule has 0 radical (unpaired) electrons. The van der Waals surface area contributed by atoms with Crippen LogP contribution in [0.5, 0.6) is 5.75 Å². The van der Waals surface area contributed by atoms with E-state index in [0.29, 0.717) is 6.04 Å².